The van der Waals surface area contributed by atoms with E-state index in [1.54, 1.807) is 84.0 Å². The molecule has 0 saturated carbocycles. The second-order valence-electron chi connectivity index (χ2n) is 12.8. The Kier molecular flexibility index (Phi) is 12.2. The second-order valence-corrected chi connectivity index (χ2v) is 12.8. The SMILES string of the molecule is C#Cc1cc(NCCC(F)(F)F)c2ncc(-c3ccc(C(=O)NC)c(C)c3)n2c1.C#Cc1cc(NCCC(F)(F)F)c2ncc(-c3ccc(C(=O)O)c(C)c3)n2c1. The molecule has 16 heteroatoms. The molecule has 0 spiro atoms. The number of hydrogen-bond acceptors (Lipinski definition) is 6. The summed E-state index contributed by atoms with van der Waals surface area (Å²) < 4.78 is 78.1. The number of terminal acetylenes is 2. The van der Waals surface area contributed by atoms with E-state index in [0.717, 1.165) is 11.1 Å². The zero-order valence-electron chi connectivity index (χ0n) is 30.7. The van der Waals surface area contributed by atoms with E-state index in [0.29, 0.717) is 61.9 Å². The number of aryl methyl sites for hydroxylation is 2. The number of hydrogen-bond donors (Lipinski definition) is 4. The number of nitrogens with zero attached hydrogens (tertiary/aromatic N) is 4. The molecule has 0 unspecified atom stereocenters. The van der Waals surface area contributed by atoms with Crippen LogP contribution in [0.1, 0.15) is 55.8 Å². The first-order chi connectivity index (χ1) is 26.9. The number of imidazole rings is 2. The van der Waals surface area contributed by atoms with Crippen LogP contribution in [-0.4, -0.2) is 68.2 Å². The molecule has 294 valence electrons. The average molecular weight is 788 g/mol. The van der Waals surface area contributed by atoms with E-state index in [4.69, 9.17) is 12.8 Å². The largest absolute Gasteiger partial charge is 0.478 e. The molecule has 6 aromatic rings. The van der Waals surface area contributed by atoms with Crippen LogP contribution >= 0.6 is 0 Å². The average Bonchev–Trinajstić information content (AvgIpc) is 3.78. The Hall–Kier alpha value is -6.94. The van der Waals surface area contributed by atoms with E-state index in [-0.39, 0.29) is 24.6 Å². The van der Waals surface area contributed by atoms with Crippen LogP contribution in [0, 0.1) is 38.5 Å². The van der Waals surface area contributed by atoms with Gasteiger partial charge in [0.25, 0.3) is 5.91 Å². The molecule has 4 aromatic heterocycles. The third kappa shape index (κ3) is 9.84. The van der Waals surface area contributed by atoms with Gasteiger partial charge in [-0.05, 0) is 61.4 Å². The molecule has 0 atom stereocenters. The molecule has 57 heavy (non-hydrogen) atoms. The summed E-state index contributed by atoms with van der Waals surface area (Å²) in [6.45, 7) is 2.93. The maximum atomic E-state index is 12.5. The maximum absolute atomic E-state index is 12.5. The number of halogens is 6. The molecule has 0 radical (unpaired) electrons. The van der Waals surface area contributed by atoms with E-state index in [2.05, 4.69) is 37.8 Å². The van der Waals surface area contributed by atoms with Crippen LogP contribution in [0.5, 0.6) is 0 Å². The van der Waals surface area contributed by atoms with Crippen molar-refractivity contribution in [3.05, 3.63) is 107 Å². The molecule has 1 amide bonds. The molecule has 2 aromatic carbocycles. The molecule has 4 heterocycles. The van der Waals surface area contributed by atoms with Crippen molar-refractivity contribution in [2.24, 2.45) is 0 Å². The molecular formula is C41H35F6N7O3. The molecule has 0 bridgehead atoms. The van der Waals surface area contributed by atoms with Gasteiger partial charge in [-0.25, -0.2) is 14.8 Å². The second kappa shape index (κ2) is 16.8. The van der Waals surface area contributed by atoms with E-state index in [1.807, 2.05) is 13.0 Å². The molecule has 0 fully saturated rings. The maximum Gasteiger partial charge on any atom is 0.390 e. The fraction of sp³-hybridized carbons (Fsp3) is 0.220. The summed E-state index contributed by atoms with van der Waals surface area (Å²) in [5, 5.41) is 17.3. The van der Waals surface area contributed by atoms with Crippen molar-refractivity contribution in [1.29, 1.82) is 0 Å². The van der Waals surface area contributed by atoms with E-state index in [9.17, 15) is 41.0 Å². The molecule has 0 aliphatic rings. The standard InChI is InChI=1S/C21H19F3N4O.C20H16F3N3O2/c1-4-14-10-17(26-8-7-21(22,23)24)19-27-11-18(28(19)12-14)15-5-6-16(13(2)9-15)20(29)25-3;1-3-13-9-16(24-7-6-20(21,22)23)18-25-10-17(26(18)11-13)14-4-5-15(19(27)28)12(2)8-14/h1,5-6,9-12,26H,7-8H2,2-3H3,(H,25,29);1,4-5,8-11,24H,6-7H2,2H3,(H,27,28). The number of fused-ring (bicyclic) bond motifs is 2. The lowest BCUT2D eigenvalue weighted by atomic mass is 10.0. The van der Waals surface area contributed by atoms with Gasteiger partial charge in [-0.3, -0.25) is 13.6 Å². The van der Waals surface area contributed by atoms with Gasteiger partial charge >= 0.3 is 18.3 Å². The minimum Gasteiger partial charge on any atom is -0.478 e. The minimum absolute atomic E-state index is 0.182. The van der Waals surface area contributed by atoms with Gasteiger partial charge in [-0.15, -0.1) is 12.8 Å². The first kappa shape index (κ1) is 41.2. The number of carboxylic acid groups (broad SMARTS) is 1. The number of carbonyl (C=O) groups is 2. The molecule has 6 rings (SSSR count). The molecular weight excluding hydrogens is 752 g/mol. The quantitative estimate of drug-likeness (QED) is 0.0813. The van der Waals surface area contributed by atoms with Crippen LogP contribution in [0.15, 0.2) is 73.3 Å². The predicted octanol–water partition coefficient (Wildman–Crippen LogP) is 8.37. The van der Waals surface area contributed by atoms with Crippen molar-refractivity contribution in [2.45, 2.75) is 39.0 Å². The van der Waals surface area contributed by atoms with Crippen molar-refractivity contribution in [3.8, 4) is 47.2 Å². The van der Waals surface area contributed by atoms with Crippen molar-refractivity contribution in [1.82, 2.24) is 24.1 Å². The van der Waals surface area contributed by atoms with Crippen LogP contribution in [-0.2, 0) is 0 Å². The van der Waals surface area contributed by atoms with Crippen molar-refractivity contribution >= 4 is 34.5 Å². The molecule has 10 nitrogen and oxygen atoms in total. The Labute approximate surface area is 323 Å². The van der Waals surface area contributed by atoms with Crippen LogP contribution in [0.25, 0.3) is 33.8 Å². The number of alkyl halides is 6. The topological polar surface area (TPSA) is 125 Å². The minimum atomic E-state index is -4.27. The Morgan fingerprint density at radius 2 is 1.14 bits per heavy atom. The number of amides is 1. The van der Waals surface area contributed by atoms with E-state index in [1.165, 1.54) is 6.07 Å². The summed E-state index contributed by atoms with van der Waals surface area (Å²) in [4.78, 5) is 31.8. The number of aromatic nitrogens is 4. The zero-order valence-corrected chi connectivity index (χ0v) is 30.7. The molecule has 4 N–H and O–H groups in total. The highest BCUT2D eigenvalue weighted by molar-refractivity contribution is 5.96. The summed E-state index contributed by atoms with van der Waals surface area (Å²) in [5.41, 5.74) is 7.68. The number of rotatable bonds is 10. The van der Waals surface area contributed by atoms with E-state index < -0.39 is 31.2 Å². The summed E-state index contributed by atoms with van der Waals surface area (Å²) in [6, 6.07) is 13.4. The normalized spacial score (nSPS) is 11.4. The predicted molar refractivity (Wildman–Crippen MR) is 205 cm³/mol. The third-order valence-electron chi connectivity index (χ3n) is 8.74. The van der Waals surface area contributed by atoms with Crippen molar-refractivity contribution in [2.75, 3.05) is 30.8 Å². The summed E-state index contributed by atoms with van der Waals surface area (Å²) in [6.07, 6.45) is 7.10. The molecule has 0 aliphatic heterocycles. The Balaban J connectivity index is 0.000000218. The lowest BCUT2D eigenvalue weighted by Crippen LogP contribution is -2.18. The highest BCUT2D eigenvalue weighted by Crippen LogP contribution is 2.30. The number of nitrogens with one attached hydrogen (secondary N) is 3. The summed E-state index contributed by atoms with van der Waals surface area (Å²) in [7, 11) is 1.56. The highest BCUT2D eigenvalue weighted by atomic mass is 19.4. The van der Waals surface area contributed by atoms with Gasteiger partial charge in [0.15, 0.2) is 11.3 Å². The fourth-order valence-electron chi connectivity index (χ4n) is 5.97. The molecule has 0 saturated heterocycles. The zero-order chi connectivity index (χ0) is 41.7. The number of benzene rings is 2. The smallest absolute Gasteiger partial charge is 0.390 e. The monoisotopic (exact) mass is 787 g/mol. The number of aromatic carboxylic acids is 1. The van der Waals surface area contributed by atoms with Gasteiger partial charge in [0.2, 0.25) is 0 Å². The van der Waals surface area contributed by atoms with Crippen molar-refractivity contribution < 1.29 is 41.0 Å². The van der Waals surface area contributed by atoms with Crippen molar-refractivity contribution in [3.63, 3.8) is 0 Å². The van der Waals surface area contributed by atoms with E-state index >= 15 is 0 Å². The number of pyridine rings is 2. The van der Waals surface area contributed by atoms with Crippen LogP contribution in [0.2, 0.25) is 0 Å². The van der Waals surface area contributed by atoms with Gasteiger partial charge in [0.1, 0.15) is 0 Å². The number of carboxylic acids is 1. The van der Waals surface area contributed by atoms with Crippen LogP contribution in [0.4, 0.5) is 37.7 Å². The number of anilines is 2. The summed E-state index contributed by atoms with van der Waals surface area (Å²) >= 11 is 0. The van der Waals surface area contributed by atoms with Crippen LogP contribution < -0.4 is 16.0 Å². The summed E-state index contributed by atoms with van der Waals surface area (Å²) in [5.74, 6) is 3.79. The first-order valence-corrected chi connectivity index (χ1v) is 17.2. The first-order valence-electron chi connectivity index (χ1n) is 17.2. The fourth-order valence-corrected chi connectivity index (χ4v) is 5.97. The van der Waals surface area contributed by atoms with Gasteiger partial charge in [-0.1, -0.05) is 24.0 Å². The molecule has 0 aliphatic carbocycles. The Morgan fingerprint density at radius 3 is 1.49 bits per heavy atom. The van der Waals surface area contributed by atoms with Gasteiger partial charge in [-0.2, -0.15) is 26.3 Å². The van der Waals surface area contributed by atoms with Gasteiger partial charge < -0.3 is 21.1 Å². The lowest BCUT2D eigenvalue weighted by molar-refractivity contribution is -0.132. The lowest BCUT2D eigenvalue weighted by Gasteiger charge is -2.12. The van der Waals surface area contributed by atoms with Gasteiger partial charge in [0, 0.05) is 60.3 Å². The number of carbonyl (C=O) groups excluding carboxylic acids is 1. The van der Waals surface area contributed by atoms with Gasteiger partial charge in [0.05, 0.1) is 53.6 Å². The Morgan fingerprint density at radius 1 is 0.719 bits per heavy atom. The third-order valence-corrected chi connectivity index (χ3v) is 8.74. The highest BCUT2D eigenvalue weighted by Gasteiger charge is 2.27. The Bertz CT molecular complexity index is 2560. The van der Waals surface area contributed by atoms with Crippen LogP contribution in [0.3, 0.4) is 0 Å².